The highest BCUT2D eigenvalue weighted by Gasteiger charge is 2.29. The fourth-order valence-corrected chi connectivity index (χ4v) is 2.85. The van der Waals surface area contributed by atoms with Gasteiger partial charge in [-0.2, -0.15) is 5.10 Å². The van der Waals surface area contributed by atoms with E-state index in [-0.39, 0.29) is 17.6 Å². The maximum atomic E-state index is 12.3. The second kappa shape index (κ2) is 5.24. The molecule has 1 amide bonds. The topological polar surface area (TPSA) is 56.1 Å². The van der Waals surface area contributed by atoms with Gasteiger partial charge in [-0.1, -0.05) is 29.3 Å². The molecule has 2 heterocycles. The van der Waals surface area contributed by atoms with Crippen molar-refractivity contribution in [2.75, 3.05) is 6.61 Å². The van der Waals surface area contributed by atoms with E-state index in [0.717, 1.165) is 11.3 Å². The molecule has 1 aromatic heterocycles. The zero-order chi connectivity index (χ0) is 15.1. The molecule has 3 rings (SSSR count). The molecule has 7 heteroatoms. The molecule has 21 heavy (non-hydrogen) atoms. The van der Waals surface area contributed by atoms with Crippen molar-refractivity contribution in [3.8, 4) is 5.75 Å². The van der Waals surface area contributed by atoms with Crippen molar-refractivity contribution in [3.63, 3.8) is 0 Å². The van der Waals surface area contributed by atoms with Gasteiger partial charge in [0, 0.05) is 17.6 Å². The Morgan fingerprint density at radius 3 is 2.90 bits per heavy atom. The molecule has 0 saturated heterocycles. The van der Waals surface area contributed by atoms with Crippen molar-refractivity contribution < 1.29 is 9.53 Å². The molecule has 110 valence electrons. The molecule has 1 atom stereocenters. The molecule has 0 radical (unpaired) electrons. The number of carbonyl (C=O) groups excluding carboxylic acids is 1. The molecule has 1 N–H and O–H groups in total. The van der Waals surface area contributed by atoms with E-state index in [4.69, 9.17) is 27.9 Å². The van der Waals surface area contributed by atoms with Gasteiger partial charge in [-0.25, -0.2) is 0 Å². The molecule has 0 spiro atoms. The molecule has 1 aliphatic rings. The van der Waals surface area contributed by atoms with Crippen molar-refractivity contribution >= 4 is 29.1 Å². The first-order valence-corrected chi connectivity index (χ1v) is 7.15. The van der Waals surface area contributed by atoms with Gasteiger partial charge in [0.05, 0.1) is 16.8 Å². The number of aryl methyl sites for hydroxylation is 1. The first kappa shape index (κ1) is 14.2. The predicted octanol–water partition coefficient (Wildman–Crippen LogP) is 2.90. The first-order valence-electron chi connectivity index (χ1n) is 6.40. The molecule has 1 aromatic carbocycles. The monoisotopic (exact) mass is 325 g/mol. The SMILES string of the molecule is Cc1c(Cl)c(C(=O)N[C@H]2COc3cccc(Cl)c32)nn1C. The van der Waals surface area contributed by atoms with Crippen LogP contribution in [0.5, 0.6) is 5.75 Å². The highest BCUT2D eigenvalue weighted by molar-refractivity contribution is 6.34. The molecule has 0 aliphatic carbocycles. The second-order valence-corrected chi connectivity index (χ2v) is 5.65. The summed E-state index contributed by atoms with van der Waals surface area (Å²) in [5, 5.41) is 7.92. The number of hydrogen-bond acceptors (Lipinski definition) is 3. The summed E-state index contributed by atoms with van der Waals surface area (Å²) in [4.78, 5) is 12.3. The van der Waals surface area contributed by atoms with Gasteiger partial charge in [0.25, 0.3) is 5.91 Å². The minimum atomic E-state index is -0.343. The average Bonchev–Trinajstić information content (AvgIpc) is 2.97. The van der Waals surface area contributed by atoms with Crippen LogP contribution in [-0.4, -0.2) is 22.3 Å². The maximum absolute atomic E-state index is 12.3. The number of rotatable bonds is 2. The number of amides is 1. The summed E-state index contributed by atoms with van der Waals surface area (Å²) in [5.74, 6) is 0.348. The van der Waals surface area contributed by atoms with Crippen LogP contribution in [0.3, 0.4) is 0 Å². The zero-order valence-electron chi connectivity index (χ0n) is 11.5. The fourth-order valence-electron chi connectivity index (χ4n) is 2.31. The third-order valence-corrected chi connectivity index (χ3v) is 4.33. The Morgan fingerprint density at radius 1 is 1.48 bits per heavy atom. The molecule has 0 unspecified atom stereocenters. The normalized spacial score (nSPS) is 16.5. The van der Waals surface area contributed by atoms with E-state index < -0.39 is 0 Å². The largest absolute Gasteiger partial charge is 0.491 e. The van der Waals surface area contributed by atoms with Crippen LogP contribution in [0.1, 0.15) is 27.8 Å². The molecule has 1 aliphatic heterocycles. The quantitative estimate of drug-likeness (QED) is 0.923. The molecule has 0 bridgehead atoms. The Labute approximate surface area is 131 Å². The summed E-state index contributed by atoms with van der Waals surface area (Å²) in [7, 11) is 1.74. The van der Waals surface area contributed by atoms with Gasteiger partial charge in [-0.15, -0.1) is 0 Å². The van der Waals surface area contributed by atoms with Crippen molar-refractivity contribution in [1.29, 1.82) is 0 Å². The number of carbonyl (C=O) groups is 1. The van der Waals surface area contributed by atoms with Crippen LogP contribution >= 0.6 is 23.2 Å². The Morgan fingerprint density at radius 2 is 2.24 bits per heavy atom. The Hall–Kier alpha value is -1.72. The van der Waals surface area contributed by atoms with Crippen molar-refractivity contribution in [2.45, 2.75) is 13.0 Å². The smallest absolute Gasteiger partial charge is 0.273 e. The van der Waals surface area contributed by atoms with Crippen molar-refractivity contribution in [3.05, 3.63) is 45.2 Å². The van der Waals surface area contributed by atoms with Gasteiger partial charge >= 0.3 is 0 Å². The lowest BCUT2D eigenvalue weighted by Crippen LogP contribution is -2.30. The minimum Gasteiger partial charge on any atom is -0.491 e. The van der Waals surface area contributed by atoms with Crippen LogP contribution in [0.4, 0.5) is 0 Å². The Balaban J connectivity index is 1.86. The third-order valence-electron chi connectivity index (χ3n) is 3.55. The van der Waals surface area contributed by atoms with E-state index in [1.807, 2.05) is 12.1 Å². The van der Waals surface area contributed by atoms with Gasteiger partial charge in [0.1, 0.15) is 12.4 Å². The maximum Gasteiger partial charge on any atom is 0.273 e. The number of ether oxygens (including phenoxy) is 1. The summed E-state index contributed by atoms with van der Waals surface area (Å²) in [6, 6.07) is 5.10. The van der Waals surface area contributed by atoms with Crippen molar-refractivity contribution in [1.82, 2.24) is 15.1 Å². The lowest BCUT2D eigenvalue weighted by atomic mass is 10.1. The summed E-state index contributed by atoms with van der Waals surface area (Å²) in [6.07, 6.45) is 0. The van der Waals surface area contributed by atoms with Crippen LogP contribution < -0.4 is 10.1 Å². The standard InChI is InChI=1S/C14H13Cl2N3O2/c1-7-12(16)13(18-19(7)2)14(20)17-9-6-21-10-5-3-4-8(15)11(9)10/h3-5,9H,6H2,1-2H3,(H,17,20)/t9-/m0/s1. The van der Waals surface area contributed by atoms with Gasteiger partial charge in [-0.3, -0.25) is 9.48 Å². The average molecular weight is 326 g/mol. The molecule has 2 aromatic rings. The van der Waals surface area contributed by atoms with E-state index in [9.17, 15) is 4.79 Å². The van der Waals surface area contributed by atoms with Crippen LogP contribution in [0.15, 0.2) is 18.2 Å². The molecule has 0 saturated carbocycles. The molecular weight excluding hydrogens is 313 g/mol. The highest BCUT2D eigenvalue weighted by atomic mass is 35.5. The number of hydrogen-bond donors (Lipinski definition) is 1. The van der Waals surface area contributed by atoms with Crippen LogP contribution in [0.25, 0.3) is 0 Å². The lowest BCUT2D eigenvalue weighted by Gasteiger charge is -2.11. The zero-order valence-corrected chi connectivity index (χ0v) is 13.0. The van der Waals surface area contributed by atoms with E-state index in [2.05, 4.69) is 10.4 Å². The molecular formula is C14H13Cl2N3O2. The fraction of sp³-hybridized carbons (Fsp3) is 0.286. The van der Waals surface area contributed by atoms with E-state index in [1.165, 1.54) is 0 Å². The second-order valence-electron chi connectivity index (χ2n) is 4.86. The summed E-state index contributed by atoms with van der Waals surface area (Å²) in [6.45, 7) is 2.14. The van der Waals surface area contributed by atoms with Crippen LogP contribution in [0.2, 0.25) is 10.0 Å². The van der Waals surface area contributed by atoms with Gasteiger partial charge in [-0.05, 0) is 19.1 Å². The number of fused-ring (bicyclic) bond motifs is 1. The Kier molecular flexibility index (Phi) is 3.55. The van der Waals surface area contributed by atoms with Gasteiger partial charge < -0.3 is 10.1 Å². The lowest BCUT2D eigenvalue weighted by molar-refractivity contribution is 0.0924. The van der Waals surface area contributed by atoms with Crippen LogP contribution in [0, 0.1) is 6.92 Å². The molecule has 0 fully saturated rings. The van der Waals surface area contributed by atoms with Gasteiger partial charge in [0.15, 0.2) is 5.69 Å². The van der Waals surface area contributed by atoms with Gasteiger partial charge in [0.2, 0.25) is 0 Å². The number of halogens is 2. The van der Waals surface area contributed by atoms with Crippen LogP contribution in [-0.2, 0) is 7.05 Å². The number of benzene rings is 1. The summed E-state index contributed by atoms with van der Waals surface area (Å²) >= 11 is 12.3. The van der Waals surface area contributed by atoms with E-state index in [0.29, 0.717) is 22.4 Å². The third kappa shape index (κ3) is 2.36. The minimum absolute atomic E-state index is 0.206. The summed E-state index contributed by atoms with van der Waals surface area (Å²) < 4.78 is 7.10. The number of nitrogens with zero attached hydrogens (tertiary/aromatic N) is 2. The van der Waals surface area contributed by atoms with E-state index >= 15 is 0 Å². The number of nitrogens with one attached hydrogen (secondary N) is 1. The Bertz CT molecular complexity index is 727. The van der Waals surface area contributed by atoms with E-state index in [1.54, 1.807) is 24.7 Å². The molecule has 5 nitrogen and oxygen atoms in total. The first-order chi connectivity index (χ1) is 9.99. The highest BCUT2D eigenvalue weighted by Crippen LogP contribution is 2.37. The van der Waals surface area contributed by atoms with Crippen molar-refractivity contribution in [2.24, 2.45) is 7.05 Å². The number of aromatic nitrogens is 2. The summed E-state index contributed by atoms with van der Waals surface area (Å²) in [5.41, 5.74) is 1.73. The predicted molar refractivity (Wildman–Crippen MR) is 80.1 cm³/mol.